The van der Waals surface area contributed by atoms with Crippen molar-refractivity contribution < 1.29 is 4.79 Å². The number of amides is 1. The van der Waals surface area contributed by atoms with Crippen molar-refractivity contribution in [3.05, 3.63) is 51.4 Å². The van der Waals surface area contributed by atoms with Gasteiger partial charge in [0.05, 0.1) is 11.9 Å². The summed E-state index contributed by atoms with van der Waals surface area (Å²) in [4.78, 5) is 36.7. The van der Waals surface area contributed by atoms with Gasteiger partial charge in [0, 0.05) is 44.0 Å². The van der Waals surface area contributed by atoms with Crippen molar-refractivity contribution in [3.63, 3.8) is 0 Å². The number of hydrogen-bond acceptors (Lipinski definition) is 5. The number of aryl methyl sites for hydroxylation is 1. The molecule has 0 atom stereocenters. The Kier molecular flexibility index (Phi) is 4.80. The van der Waals surface area contributed by atoms with Gasteiger partial charge in [0.1, 0.15) is 10.7 Å². The Morgan fingerprint density at radius 3 is 2.63 bits per heavy atom. The van der Waals surface area contributed by atoms with Crippen LogP contribution in [0, 0.1) is 6.92 Å². The SMILES string of the molecule is CC(=O)N1CCN(Cc2nc3scc(-c4ccccc4C)c3c(=O)[nH]2)CC1. The summed E-state index contributed by atoms with van der Waals surface area (Å²) in [6, 6.07) is 8.08. The molecule has 4 rings (SSSR count). The molecule has 140 valence electrons. The molecule has 3 heterocycles. The number of nitrogens with zero attached hydrogens (tertiary/aromatic N) is 3. The molecule has 0 unspecified atom stereocenters. The monoisotopic (exact) mass is 382 g/mol. The first-order valence-corrected chi connectivity index (χ1v) is 9.95. The number of piperazine rings is 1. The Morgan fingerprint density at radius 1 is 1.19 bits per heavy atom. The van der Waals surface area contributed by atoms with Gasteiger partial charge in [0.15, 0.2) is 0 Å². The van der Waals surface area contributed by atoms with Crippen LogP contribution in [0.25, 0.3) is 21.3 Å². The maximum Gasteiger partial charge on any atom is 0.260 e. The molecule has 0 spiro atoms. The summed E-state index contributed by atoms with van der Waals surface area (Å²) < 4.78 is 0. The Morgan fingerprint density at radius 2 is 1.93 bits per heavy atom. The minimum atomic E-state index is -0.0862. The molecule has 0 bridgehead atoms. The molecule has 1 fully saturated rings. The predicted molar refractivity (Wildman–Crippen MR) is 108 cm³/mol. The van der Waals surface area contributed by atoms with E-state index in [1.165, 1.54) is 11.3 Å². The first-order chi connectivity index (χ1) is 13.0. The van der Waals surface area contributed by atoms with Crippen molar-refractivity contribution in [2.45, 2.75) is 20.4 Å². The lowest BCUT2D eigenvalue weighted by Crippen LogP contribution is -2.47. The molecule has 27 heavy (non-hydrogen) atoms. The van der Waals surface area contributed by atoms with Crippen molar-refractivity contribution in [2.24, 2.45) is 0 Å². The average Bonchev–Trinajstić information content (AvgIpc) is 3.07. The zero-order valence-electron chi connectivity index (χ0n) is 15.5. The molecule has 1 aromatic carbocycles. The van der Waals surface area contributed by atoms with E-state index in [0.29, 0.717) is 17.8 Å². The van der Waals surface area contributed by atoms with Gasteiger partial charge in [-0.3, -0.25) is 14.5 Å². The smallest absolute Gasteiger partial charge is 0.260 e. The average molecular weight is 382 g/mol. The van der Waals surface area contributed by atoms with Gasteiger partial charge in [0.25, 0.3) is 5.56 Å². The van der Waals surface area contributed by atoms with E-state index in [1.807, 2.05) is 28.5 Å². The van der Waals surface area contributed by atoms with Crippen LogP contribution in [-0.4, -0.2) is 51.9 Å². The summed E-state index contributed by atoms with van der Waals surface area (Å²) in [5.74, 6) is 0.798. The summed E-state index contributed by atoms with van der Waals surface area (Å²) in [6.45, 7) is 7.27. The summed E-state index contributed by atoms with van der Waals surface area (Å²) in [7, 11) is 0. The van der Waals surface area contributed by atoms with Gasteiger partial charge < -0.3 is 9.88 Å². The van der Waals surface area contributed by atoms with Crippen LogP contribution < -0.4 is 5.56 Å². The Bertz CT molecular complexity index is 1050. The van der Waals surface area contributed by atoms with Crippen molar-refractivity contribution in [1.82, 2.24) is 19.8 Å². The molecule has 0 aliphatic carbocycles. The van der Waals surface area contributed by atoms with Crippen LogP contribution in [0.5, 0.6) is 0 Å². The molecule has 6 nitrogen and oxygen atoms in total. The van der Waals surface area contributed by atoms with Gasteiger partial charge in [0.2, 0.25) is 5.91 Å². The number of rotatable bonds is 3. The minimum absolute atomic E-state index is 0.0862. The van der Waals surface area contributed by atoms with Crippen LogP contribution in [0.2, 0.25) is 0 Å². The Hall–Kier alpha value is -2.51. The topological polar surface area (TPSA) is 69.3 Å². The molecule has 1 amide bonds. The molecule has 2 aromatic heterocycles. The predicted octanol–water partition coefficient (Wildman–Crippen LogP) is 2.62. The second kappa shape index (κ2) is 7.25. The molecule has 0 radical (unpaired) electrons. The number of carbonyl (C=O) groups is 1. The Labute approximate surface area is 161 Å². The number of hydrogen-bond donors (Lipinski definition) is 1. The maximum atomic E-state index is 12.8. The van der Waals surface area contributed by atoms with Crippen molar-refractivity contribution in [2.75, 3.05) is 26.2 Å². The number of thiophene rings is 1. The second-order valence-corrected chi connectivity index (χ2v) is 7.80. The molecule has 1 aliphatic heterocycles. The molecular formula is C20H22N4O2S. The van der Waals surface area contributed by atoms with Crippen LogP contribution >= 0.6 is 11.3 Å². The number of benzene rings is 1. The second-order valence-electron chi connectivity index (χ2n) is 6.94. The molecule has 3 aromatic rings. The quantitative estimate of drug-likeness (QED) is 0.756. The Balaban J connectivity index is 1.60. The fourth-order valence-corrected chi connectivity index (χ4v) is 4.53. The number of nitrogens with one attached hydrogen (secondary N) is 1. The van der Waals surface area contributed by atoms with Gasteiger partial charge in [-0.2, -0.15) is 0 Å². The van der Waals surface area contributed by atoms with Gasteiger partial charge in [-0.25, -0.2) is 4.98 Å². The van der Waals surface area contributed by atoms with Gasteiger partial charge >= 0.3 is 0 Å². The normalized spacial score (nSPS) is 15.4. The van der Waals surface area contributed by atoms with Crippen molar-refractivity contribution in [1.29, 1.82) is 0 Å². The molecule has 1 N–H and O–H groups in total. The van der Waals surface area contributed by atoms with E-state index in [0.717, 1.165) is 47.7 Å². The highest BCUT2D eigenvalue weighted by molar-refractivity contribution is 7.17. The lowest BCUT2D eigenvalue weighted by molar-refractivity contribution is -0.130. The van der Waals surface area contributed by atoms with E-state index < -0.39 is 0 Å². The van der Waals surface area contributed by atoms with Gasteiger partial charge in [-0.1, -0.05) is 24.3 Å². The van der Waals surface area contributed by atoms with E-state index >= 15 is 0 Å². The number of carbonyl (C=O) groups excluding carboxylic acids is 1. The summed E-state index contributed by atoms with van der Waals surface area (Å²) in [5.41, 5.74) is 3.08. The van der Waals surface area contributed by atoms with E-state index in [2.05, 4.69) is 22.9 Å². The van der Waals surface area contributed by atoms with E-state index in [-0.39, 0.29) is 11.5 Å². The highest BCUT2D eigenvalue weighted by Crippen LogP contribution is 2.32. The molecular weight excluding hydrogens is 360 g/mol. The van der Waals surface area contributed by atoms with Crippen LogP contribution in [0.1, 0.15) is 18.3 Å². The standard InChI is InChI=1S/C20H22N4O2S/c1-13-5-3-4-6-15(13)16-12-27-20-18(16)19(26)21-17(22-20)11-23-7-9-24(10-8-23)14(2)25/h3-6,12H,7-11H2,1-2H3,(H,21,22,26). The third-order valence-corrected chi connectivity index (χ3v) is 5.99. The van der Waals surface area contributed by atoms with E-state index in [4.69, 9.17) is 4.98 Å². The zero-order chi connectivity index (χ0) is 19.0. The minimum Gasteiger partial charge on any atom is -0.340 e. The van der Waals surface area contributed by atoms with E-state index in [9.17, 15) is 9.59 Å². The molecule has 1 aliphatic rings. The number of aromatic amines is 1. The third kappa shape index (κ3) is 3.52. The lowest BCUT2D eigenvalue weighted by Gasteiger charge is -2.33. The first kappa shape index (κ1) is 17.9. The molecule has 7 heteroatoms. The fraction of sp³-hybridized carbons (Fsp3) is 0.350. The summed E-state index contributed by atoms with van der Waals surface area (Å²) >= 11 is 1.51. The lowest BCUT2D eigenvalue weighted by atomic mass is 10.0. The van der Waals surface area contributed by atoms with Crippen molar-refractivity contribution in [3.8, 4) is 11.1 Å². The van der Waals surface area contributed by atoms with Gasteiger partial charge in [-0.05, 0) is 18.1 Å². The maximum absolute atomic E-state index is 12.8. The first-order valence-electron chi connectivity index (χ1n) is 9.07. The zero-order valence-corrected chi connectivity index (χ0v) is 16.3. The highest BCUT2D eigenvalue weighted by atomic mass is 32.1. The molecule has 1 saturated heterocycles. The van der Waals surface area contributed by atoms with Gasteiger partial charge in [-0.15, -0.1) is 11.3 Å². The molecule has 0 saturated carbocycles. The number of H-pyrrole nitrogens is 1. The number of aromatic nitrogens is 2. The fourth-order valence-electron chi connectivity index (χ4n) is 3.57. The van der Waals surface area contributed by atoms with Crippen LogP contribution in [0.15, 0.2) is 34.4 Å². The third-order valence-electron chi connectivity index (χ3n) is 5.12. The van der Waals surface area contributed by atoms with E-state index in [1.54, 1.807) is 6.92 Å². The van der Waals surface area contributed by atoms with Crippen LogP contribution in [0.3, 0.4) is 0 Å². The summed E-state index contributed by atoms with van der Waals surface area (Å²) in [5, 5.41) is 2.68. The van der Waals surface area contributed by atoms with Crippen LogP contribution in [0.4, 0.5) is 0 Å². The van der Waals surface area contributed by atoms with Crippen molar-refractivity contribution >= 4 is 27.5 Å². The summed E-state index contributed by atoms with van der Waals surface area (Å²) in [6.07, 6.45) is 0. The highest BCUT2D eigenvalue weighted by Gasteiger charge is 2.20. The number of fused-ring (bicyclic) bond motifs is 1. The van der Waals surface area contributed by atoms with Crippen LogP contribution in [-0.2, 0) is 11.3 Å². The largest absolute Gasteiger partial charge is 0.340 e.